The van der Waals surface area contributed by atoms with Crippen LogP contribution in [0.15, 0.2) is 12.1 Å². The Balaban J connectivity index is 2.88. The van der Waals surface area contributed by atoms with Gasteiger partial charge < -0.3 is 4.74 Å². The second kappa shape index (κ2) is 3.30. The molecule has 0 spiro atoms. The van der Waals surface area contributed by atoms with Gasteiger partial charge in [0.1, 0.15) is 0 Å². The molecule has 0 aliphatic carbocycles. The molecule has 0 unspecified atom stereocenters. The molecule has 3 nitrogen and oxygen atoms in total. The first-order valence-electron chi connectivity index (χ1n) is 2.91. The van der Waals surface area contributed by atoms with Crippen LogP contribution in [-0.4, -0.2) is 19.2 Å². The van der Waals surface area contributed by atoms with E-state index in [0.29, 0.717) is 16.2 Å². The number of methoxy groups -OCH3 is 1. The van der Waals surface area contributed by atoms with Gasteiger partial charge in [-0.05, 0) is 12.1 Å². The van der Waals surface area contributed by atoms with E-state index in [1.165, 1.54) is 7.11 Å². The van der Waals surface area contributed by atoms with Crippen molar-refractivity contribution >= 4 is 23.4 Å². The molecule has 0 saturated carbocycles. The van der Waals surface area contributed by atoms with Crippen LogP contribution in [0.4, 0.5) is 0 Å². The first-order valence-corrected chi connectivity index (χ1v) is 3.73. The van der Waals surface area contributed by atoms with Crippen LogP contribution >= 0.6 is 11.3 Å². The summed E-state index contributed by atoms with van der Waals surface area (Å²) >= 11 is 1.16. The monoisotopic (exact) mass is 170 g/mol. The van der Waals surface area contributed by atoms with Crippen molar-refractivity contribution in [3.8, 4) is 5.06 Å². The Morgan fingerprint density at radius 3 is 2.82 bits per heavy atom. The Morgan fingerprint density at radius 1 is 1.64 bits per heavy atom. The first kappa shape index (κ1) is 7.94. The molecule has 0 aliphatic rings. The number of carbonyl (C=O) groups is 2. The number of Topliss-reactive ketones (excluding diaryl/α,β-unsaturated/α-hetero) is 1. The van der Waals surface area contributed by atoms with Gasteiger partial charge in [0.25, 0.3) is 0 Å². The van der Waals surface area contributed by atoms with Crippen LogP contribution in [0, 0.1) is 0 Å². The lowest BCUT2D eigenvalue weighted by Gasteiger charge is -1.88. The fourth-order valence-corrected chi connectivity index (χ4v) is 1.34. The number of rotatable bonds is 3. The number of thiophene rings is 1. The van der Waals surface area contributed by atoms with Crippen LogP contribution in [0.1, 0.15) is 9.67 Å². The molecule has 0 atom stereocenters. The topological polar surface area (TPSA) is 43.4 Å². The summed E-state index contributed by atoms with van der Waals surface area (Å²) in [7, 11) is 1.51. The summed E-state index contributed by atoms with van der Waals surface area (Å²) in [6, 6.07) is 3.22. The zero-order chi connectivity index (χ0) is 8.27. The van der Waals surface area contributed by atoms with E-state index in [4.69, 9.17) is 4.74 Å². The van der Waals surface area contributed by atoms with E-state index in [1.807, 2.05) is 0 Å². The third-order valence-electron chi connectivity index (χ3n) is 1.13. The molecule has 0 amide bonds. The predicted octanol–water partition coefficient (Wildman–Crippen LogP) is 1.14. The predicted molar refractivity (Wildman–Crippen MR) is 41.3 cm³/mol. The lowest BCUT2D eigenvalue weighted by atomic mass is 10.3. The van der Waals surface area contributed by atoms with E-state index in [1.54, 1.807) is 12.1 Å². The summed E-state index contributed by atoms with van der Waals surface area (Å²) in [5.74, 6) is -0.502. The van der Waals surface area contributed by atoms with Gasteiger partial charge >= 0.3 is 0 Å². The number of carbonyl (C=O) groups excluding carboxylic acids is 2. The van der Waals surface area contributed by atoms with E-state index >= 15 is 0 Å². The fourth-order valence-electron chi connectivity index (χ4n) is 0.620. The lowest BCUT2D eigenvalue weighted by molar-refractivity contribution is -0.104. The molecule has 1 aromatic heterocycles. The molecule has 0 radical (unpaired) electrons. The summed E-state index contributed by atoms with van der Waals surface area (Å²) < 4.78 is 4.84. The van der Waals surface area contributed by atoms with Crippen molar-refractivity contribution in [2.24, 2.45) is 0 Å². The van der Waals surface area contributed by atoms with E-state index in [-0.39, 0.29) is 0 Å². The molecular weight excluding hydrogens is 164 g/mol. The van der Waals surface area contributed by atoms with E-state index in [0.717, 1.165) is 11.3 Å². The number of aldehydes is 1. The van der Waals surface area contributed by atoms with Gasteiger partial charge in [-0.3, -0.25) is 9.59 Å². The van der Waals surface area contributed by atoms with Crippen LogP contribution in [0.3, 0.4) is 0 Å². The maximum absolute atomic E-state index is 10.7. The third-order valence-corrected chi connectivity index (χ3v) is 2.19. The second-order valence-electron chi connectivity index (χ2n) is 1.80. The minimum absolute atomic E-state index is 0.297. The average Bonchev–Trinajstić information content (AvgIpc) is 2.50. The molecule has 4 heteroatoms. The Bertz CT molecular complexity index is 277. The zero-order valence-corrected chi connectivity index (χ0v) is 6.68. The molecule has 0 N–H and O–H groups in total. The first-order chi connectivity index (χ1) is 5.27. The van der Waals surface area contributed by atoms with Gasteiger partial charge in [-0.1, -0.05) is 11.3 Å². The van der Waals surface area contributed by atoms with Crippen molar-refractivity contribution in [3.05, 3.63) is 17.0 Å². The number of hydrogen-bond donors (Lipinski definition) is 0. The summed E-state index contributed by atoms with van der Waals surface area (Å²) in [4.78, 5) is 21.2. The van der Waals surface area contributed by atoms with E-state index < -0.39 is 5.78 Å². The van der Waals surface area contributed by atoms with E-state index in [9.17, 15) is 9.59 Å². The molecular formula is C7H6O3S. The summed E-state index contributed by atoms with van der Waals surface area (Å²) in [5.41, 5.74) is 0. The molecule has 0 bridgehead atoms. The molecule has 1 aromatic rings. The van der Waals surface area contributed by atoms with Crippen molar-refractivity contribution in [1.82, 2.24) is 0 Å². The van der Waals surface area contributed by atoms with Gasteiger partial charge in [0, 0.05) is 0 Å². The van der Waals surface area contributed by atoms with Crippen molar-refractivity contribution in [3.63, 3.8) is 0 Å². The largest absolute Gasteiger partial charge is 0.487 e. The SMILES string of the molecule is COc1ccc(C(=O)C=O)s1. The molecule has 1 heterocycles. The van der Waals surface area contributed by atoms with Crippen molar-refractivity contribution in [1.29, 1.82) is 0 Å². The maximum Gasteiger partial charge on any atom is 0.235 e. The fraction of sp³-hybridized carbons (Fsp3) is 0.143. The Morgan fingerprint density at radius 2 is 2.36 bits per heavy atom. The summed E-state index contributed by atoms with van der Waals surface area (Å²) in [6.07, 6.45) is 0.297. The molecule has 11 heavy (non-hydrogen) atoms. The highest BCUT2D eigenvalue weighted by Crippen LogP contribution is 2.23. The van der Waals surface area contributed by atoms with Crippen LogP contribution in [0.25, 0.3) is 0 Å². The minimum Gasteiger partial charge on any atom is -0.487 e. The molecule has 58 valence electrons. The number of hydrogen-bond acceptors (Lipinski definition) is 4. The molecule has 0 aromatic carbocycles. The highest BCUT2D eigenvalue weighted by Gasteiger charge is 2.06. The van der Waals surface area contributed by atoms with Crippen LogP contribution in [0.5, 0.6) is 5.06 Å². The van der Waals surface area contributed by atoms with Crippen LogP contribution in [0.2, 0.25) is 0 Å². The van der Waals surface area contributed by atoms with Crippen LogP contribution in [-0.2, 0) is 4.79 Å². The third kappa shape index (κ3) is 1.65. The molecule has 0 saturated heterocycles. The van der Waals surface area contributed by atoms with Gasteiger partial charge in [-0.15, -0.1) is 0 Å². The normalized spacial score (nSPS) is 9.18. The maximum atomic E-state index is 10.7. The minimum atomic E-state index is -0.502. The quantitative estimate of drug-likeness (QED) is 0.388. The van der Waals surface area contributed by atoms with Crippen molar-refractivity contribution in [2.75, 3.05) is 7.11 Å². The Kier molecular flexibility index (Phi) is 2.38. The van der Waals surface area contributed by atoms with Gasteiger partial charge in [-0.25, -0.2) is 0 Å². The Hall–Kier alpha value is -1.16. The zero-order valence-electron chi connectivity index (χ0n) is 5.87. The van der Waals surface area contributed by atoms with Gasteiger partial charge in [0.15, 0.2) is 11.3 Å². The summed E-state index contributed by atoms with van der Waals surface area (Å²) in [6.45, 7) is 0. The second-order valence-corrected chi connectivity index (χ2v) is 2.85. The molecule has 1 rings (SSSR count). The number of ketones is 1. The standard InChI is InChI=1S/C7H6O3S/c1-10-7-3-2-6(11-7)5(9)4-8/h2-4H,1H3. The van der Waals surface area contributed by atoms with Gasteiger partial charge in [0.05, 0.1) is 12.0 Å². The number of ether oxygens (including phenoxy) is 1. The van der Waals surface area contributed by atoms with Crippen molar-refractivity contribution in [2.45, 2.75) is 0 Å². The van der Waals surface area contributed by atoms with E-state index in [2.05, 4.69) is 0 Å². The average molecular weight is 170 g/mol. The summed E-state index contributed by atoms with van der Waals surface area (Å²) in [5, 5.41) is 0.634. The Labute approximate surface area is 67.6 Å². The van der Waals surface area contributed by atoms with Crippen LogP contribution < -0.4 is 4.74 Å². The highest BCUT2D eigenvalue weighted by atomic mass is 32.1. The van der Waals surface area contributed by atoms with Gasteiger partial charge in [-0.2, -0.15) is 0 Å². The molecule has 0 aliphatic heterocycles. The molecule has 0 fully saturated rings. The highest BCUT2D eigenvalue weighted by molar-refractivity contribution is 7.16. The lowest BCUT2D eigenvalue weighted by Crippen LogP contribution is -1.94. The van der Waals surface area contributed by atoms with Gasteiger partial charge in [0.2, 0.25) is 5.78 Å². The van der Waals surface area contributed by atoms with Crippen molar-refractivity contribution < 1.29 is 14.3 Å². The smallest absolute Gasteiger partial charge is 0.235 e.